The highest BCUT2D eigenvalue weighted by Crippen LogP contribution is 2.40. The number of carbonyl (C=O) groups is 1. The number of alkyl halides is 2. The van der Waals surface area contributed by atoms with E-state index in [9.17, 15) is 22.0 Å². The van der Waals surface area contributed by atoms with Gasteiger partial charge < -0.3 is 9.80 Å². The Labute approximate surface area is 166 Å². The zero-order valence-corrected chi connectivity index (χ0v) is 17.4. The molecule has 1 N–H and O–H groups in total. The monoisotopic (exact) mass is 419 g/mol. The van der Waals surface area contributed by atoms with Crippen LogP contribution in [0.1, 0.15) is 58.3 Å². The molecule has 0 bridgehead atoms. The second kappa shape index (κ2) is 7.07. The van der Waals surface area contributed by atoms with Crippen molar-refractivity contribution in [2.75, 3.05) is 13.6 Å². The molecule has 0 aromatic heterocycles. The third-order valence-electron chi connectivity index (χ3n) is 7.15. The number of likely N-dealkylation sites (N-methyl/N-ethyl adjacent to an activating group) is 1. The van der Waals surface area contributed by atoms with E-state index in [1.807, 2.05) is 6.92 Å². The second-order valence-corrected chi connectivity index (χ2v) is 11.6. The predicted octanol–water partition coefficient (Wildman–Crippen LogP) is 2.59. The van der Waals surface area contributed by atoms with Crippen LogP contribution < -0.4 is 4.72 Å². The van der Waals surface area contributed by atoms with Gasteiger partial charge in [-0.15, -0.1) is 0 Å². The quantitative estimate of drug-likeness (QED) is 0.745. The van der Waals surface area contributed by atoms with Crippen LogP contribution >= 0.6 is 0 Å². The van der Waals surface area contributed by atoms with Gasteiger partial charge in [0.05, 0.1) is 17.3 Å². The van der Waals surface area contributed by atoms with E-state index in [4.69, 9.17) is 0 Å². The Hall–Kier alpha value is -0.960. The largest absolute Gasteiger partial charge is 0.323 e. The molecule has 1 saturated heterocycles. The predicted molar refractivity (Wildman–Crippen MR) is 102 cm³/mol. The lowest BCUT2D eigenvalue weighted by Crippen LogP contribution is -2.50. The van der Waals surface area contributed by atoms with Crippen molar-refractivity contribution in [2.24, 2.45) is 5.92 Å². The Morgan fingerprint density at radius 1 is 1.07 bits per heavy atom. The number of hydrogen-bond acceptors (Lipinski definition) is 3. The molecule has 2 amide bonds. The van der Waals surface area contributed by atoms with Gasteiger partial charge in [-0.1, -0.05) is 0 Å². The van der Waals surface area contributed by atoms with E-state index < -0.39 is 27.6 Å². The summed E-state index contributed by atoms with van der Waals surface area (Å²) >= 11 is 0. The number of sulfonamides is 1. The molecular weight excluding hydrogens is 388 g/mol. The molecular formula is C19H31F2N3O3S. The van der Waals surface area contributed by atoms with E-state index in [0.717, 1.165) is 12.8 Å². The van der Waals surface area contributed by atoms with Crippen LogP contribution in [0.2, 0.25) is 0 Å². The van der Waals surface area contributed by atoms with Gasteiger partial charge in [0.25, 0.3) is 0 Å². The summed E-state index contributed by atoms with van der Waals surface area (Å²) in [6.45, 7) is 2.28. The molecule has 0 radical (unpaired) electrons. The number of hydrogen-bond donors (Lipinski definition) is 1. The fraction of sp³-hybridized carbons (Fsp3) is 0.947. The van der Waals surface area contributed by atoms with Gasteiger partial charge >= 0.3 is 6.03 Å². The number of carbonyl (C=O) groups excluding carboxylic acids is 1. The third-order valence-corrected chi connectivity index (χ3v) is 9.23. The zero-order valence-electron chi connectivity index (χ0n) is 16.6. The Bertz CT molecular complexity index is 720. The lowest BCUT2D eigenvalue weighted by molar-refractivity contribution is 0.0898. The zero-order chi connectivity index (χ0) is 20.3. The van der Waals surface area contributed by atoms with Crippen molar-refractivity contribution in [3.8, 4) is 0 Å². The first-order valence-electron chi connectivity index (χ1n) is 10.4. The van der Waals surface area contributed by atoms with Gasteiger partial charge in [0.1, 0.15) is 12.3 Å². The summed E-state index contributed by atoms with van der Waals surface area (Å²) in [5.41, 5.74) is -0.300. The third kappa shape index (κ3) is 3.88. The van der Waals surface area contributed by atoms with Crippen molar-refractivity contribution < 1.29 is 22.0 Å². The molecule has 3 saturated carbocycles. The van der Waals surface area contributed by atoms with Crippen LogP contribution in [0.5, 0.6) is 0 Å². The fourth-order valence-electron chi connectivity index (χ4n) is 5.29. The Kier molecular flexibility index (Phi) is 5.13. The van der Waals surface area contributed by atoms with E-state index >= 15 is 0 Å². The van der Waals surface area contributed by atoms with E-state index in [-0.39, 0.29) is 36.0 Å². The van der Waals surface area contributed by atoms with Crippen molar-refractivity contribution in [2.45, 2.75) is 93.5 Å². The molecule has 0 aromatic carbocycles. The number of urea groups is 1. The van der Waals surface area contributed by atoms with E-state index in [2.05, 4.69) is 4.72 Å². The molecule has 1 aliphatic heterocycles. The minimum atomic E-state index is -3.42. The SMILES string of the molecule is CN1C(=O)N(CC2CC(F)CC(F)C2)C2CCC(S(=O)(=O)NC3(C)CC3)CC21. The topological polar surface area (TPSA) is 69.7 Å². The first-order valence-corrected chi connectivity index (χ1v) is 12.0. The van der Waals surface area contributed by atoms with Gasteiger partial charge in [0, 0.05) is 25.6 Å². The lowest BCUT2D eigenvalue weighted by Gasteiger charge is -2.37. The number of nitrogens with zero attached hydrogens (tertiary/aromatic N) is 2. The van der Waals surface area contributed by atoms with Crippen molar-refractivity contribution in [3.63, 3.8) is 0 Å². The first-order chi connectivity index (χ1) is 13.1. The first kappa shape index (κ1) is 20.3. The van der Waals surface area contributed by atoms with Gasteiger partial charge in [-0.2, -0.15) is 0 Å². The van der Waals surface area contributed by atoms with Gasteiger partial charge in [0.2, 0.25) is 10.0 Å². The summed E-state index contributed by atoms with van der Waals surface area (Å²) in [7, 11) is -1.71. The van der Waals surface area contributed by atoms with Crippen LogP contribution in [-0.4, -0.2) is 73.1 Å². The number of nitrogens with one attached hydrogen (secondary N) is 1. The number of amides is 2. The molecule has 0 aromatic rings. The maximum Gasteiger partial charge on any atom is 0.320 e. The summed E-state index contributed by atoms with van der Waals surface area (Å²) in [6, 6.07) is -0.383. The molecule has 9 heteroatoms. The molecule has 3 aliphatic carbocycles. The van der Waals surface area contributed by atoms with E-state index in [1.165, 1.54) is 0 Å². The van der Waals surface area contributed by atoms with E-state index in [0.29, 0.717) is 38.6 Å². The van der Waals surface area contributed by atoms with Gasteiger partial charge in [0.15, 0.2) is 0 Å². The number of rotatable bonds is 5. The summed E-state index contributed by atoms with van der Waals surface area (Å²) in [6.07, 6.45) is 1.52. The van der Waals surface area contributed by atoms with Gasteiger partial charge in [-0.25, -0.2) is 26.7 Å². The van der Waals surface area contributed by atoms with Gasteiger partial charge in [-0.05, 0) is 57.8 Å². The summed E-state index contributed by atoms with van der Waals surface area (Å²) in [5.74, 6) is -0.173. The lowest BCUT2D eigenvalue weighted by atomic mass is 9.85. The van der Waals surface area contributed by atoms with Crippen LogP contribution in [0.15, 0.2) is 0 Å². The highest BCUT2D eigenvalue weighted by molar-refractivity contribution is 7.90. The molecule has 4 rings (SSSR count). The molecule has 160 valence electrons. The second-order valence-electron chi connectivity index (χ2n) is 9.59. The minimum Gasteiger partial charge on any atom is -0.323 e. The maximum absolute atomic E-state index is 13.8. The molecule has 1 heterocycles. The fourth-order valence-corrected chi connectivity index (χ4v) is 7.24. The Balaban J connectivity index is 1.43. The highest BCUT2D eigenvalue weighted by Gasteiger charge is 2.51. The van der Waals surface area contributed by atoms with Crippen LogP contribution in [0.25, 0.3) is 0 Å². The average molecular weight is 420 g/mol. The summed E-state index contributed by atoms with van der Waals surface area (Å²) in [4.78, 5) is 16.2. The van der Waals surface area contributed by atoms with E-state index in [1.54, 1.807) is 16.8 Å². The highest BCUT2D eigenvalue weighted by atomic mass is 32.2. The van der Waals surface area contributed by atoms with Crippen molar-refractivity contribution >= 4 is 16.1 Å². The van der Waals surface area contributed by atoms with Crippen molar-refractivity contribution in [3.05, 3.63) is 0 Å². The van der Waals surface area contributed by atoms with Crippen LogP contribution in [0.4, 0.5) is 13.6 Å². The normalized spacial score (nSPS) is 40.5. The molecule has 5 unspecified atom stereocenters. The average Bonchev–Trinajstić information content (AvgIpc) is 3.27. The van der Waals surface area contributed by atoms with Gasteiger partial charge in [-0.3, -0.25) is 0 Å². The Morgan fingerprint density at radius 3 is 2.32 bits per heavy atom. The Morgan fingerprint density at radius 2 is 1.71 bits per heavy atom. The molecule has 0 spiro atoms. The molecule has 28 heavy (non-hydrogen) atoms. The smallest absolute Gasteiger partial charge is 0.320 e. The molecule has 6 nitrogen and oxygen atoms in total. The van der Waals surface area contributed by atoms with Crippen molar-refractivity contribution in [1.29, 1.82) is 0 Å². The molecule has 4 aliphatic rings. The van der Waals surface area contributed by atoms with Crippen LogP contribution in [0, 0.1) is 5.92 Å². The molecule has 5 atom stereocenters. The molecule has 4 fully saturated rings. The standard InChI is InChI=1S/C19H31F2N3O3S/c1-19(5-6-19)22-28(26,27)15-3-4-16-17(10-15)23(2)18(25)24(16)11-12-7-13(20)9-14(21)8-12/h12-17,22H,3-11H2,1-2H3. The number of fused-ring (bicyclic) bond motifs is 1. The minimum absolute atomic E-state index is 0.0398. The maximum atomic E-state index is 13.8. The number of halogens is 2. The van der Waals surface area contributed by atoms with Crippen molar-refractivity contribution in [1.82, 2.24) is 14.5 Å². The summed E-state index contributed by atoms with van der Waals surface area (Å²) < 4.78 is 55.9. The van der Waals surface area contributed by atoms with Crippen LogP contribution in [-0.2, 0) is 10.0 Å². The summed E-state index contributed by atoms with van der Waals surface area (Å²) in [5, 5.41) is -0.499. The van der Waals surface area contributed by atoms with Crippen LogP contribution in [0.3, 0.4) is 0 Å².